The molecule has 0 fully saturated rings. The third-order valence-corrected chi connectivity index (χ3v) is 5.59. The summed E-state index contributed by atoms with van der Waals surface area (Å²) in [5.74, 6) is 0.589. The Hall–Kier alpha value is -3.97. The largest absolute Gasteiger partial charge is 0.493 e. The molecule has 1 heterocycles. The second kappa shape index (κ2) is 9.89. The minimum atomic E-state index is -0.444. The van der Waals surface area contributed by atoms with Crippen LogP contribution in [0.4, 0.5) is 5.69 Å². The molecule has 0 saturated heterocycles. The van der Waals surface area contributed by atoms with Crippen LogP contribution in [-0.2, 0) is 4.79 Å². The van der Waals surface area contributed by atoms with Crippen molar-refractivity contribution in [3.05, 3.63) is 81.5 Å². The number of hydrogen-bond donors (Lipinski definition) is 1. The first kappa shape index (κ1) is 23.2. The van der Waals surface area contributed by atoms with Gasteiger partial charge in [-0.15, -0.1) is 0 Å². The average Bonchev–Trinajstić information content (AvgIpc) is 2.84. The molecule has 4 aromatic rings. The number of amides is 1. The fraction of sp³-hybridized carbons (Fsp3) is 0.154. The van der Waals surface area contributed by atoms with Crippen molar-refractivity contribution in [3.8, 4) is 28.6 Å². The van der Waals surface area contributed by atoms with Gasteiger partial charge < -0.3 is 23.9 Å². The van der Waals surface area contributed by atoms with Gasteiger partial charge in [0.15, 0.2) is 23.9 Å². The number of ether oxygens (including phenoxy) is 3. The summed E-state index contributed by atoms with van der Waals surface area (Å²) >= 11 is 6.24. The standard InChI is InChI=1S/C26H22ClNO6/c1-15-11-21-18(13-19(15)27)24(30)26(33-14-23(29)28-17-7-5-4-6-8-17)25(34-21)16-9-10-20(31-2)22(12-16)32-3/h4-13H,14H2,1-3H3,(H,28,29). The summed E-state index contributed by atoms with van der Waals surface area (Å²) in [5, 5.41) is 3.39. The van der Waals surface area contributed by atoms with E-state index in [9.17, 15) is 9.59 Å². The van der Waals surface area contributed by atoms with Gasteiger partial charge in [-0.3, -0.25) is 9.59 Å². The van der Waals surface area contributed by atoms with Gasteiger partial charge in [0.2, 0.25) is 11.2 Å². The fourth-order valence-electron chi connectivity index (χ4n) is 3.45. The number of para-hydroxylation sites is 1. The molecular weight excluding hydrogens is 458 g/mol. The summed E-state index contributed by atoms with van der Waals surface area (Å²) in [4.78, 5) is 25.9. The van der Waals surface area contributed by atoms with Gasteiger partial charge in [0.25, 0.3) is 5.91 Å². The lowest BCUT2D eigenvalue weighted by Crippen LogP contribution is -2.22. The minimum Gasteiger partial charge on any atom is -0.493 e. The van der Waals surface area contributed by atoms with E-state index in [1.54, 1.807) is 48.5 Å². The molecule has 34 heavy (non-hydrogen) atoms. The van der Waals surface area contributed by atoms with Crippen molar-refractivity contribution in [1.29, 1.82) is 0 Å². The van der Waals surface area contributed by atoms with Gasteiger partial charge in [0, 0.05) is 16.3 Å². The van der Waals surface area contributed by atoms with E-state index in [1.165, 1.54) is 20.3 Å². The van der Waals surface area contributed by atoms with Gasteiger partial charge >= 0.3 is 0 Å². The van der Waals surface area contributed by atoms with Gasteiger partial charge in [0.05, 0.1) is 19.6 Å². The summed E-state index contributed by atoms with van der Waals surface area (Å²) in [5.41, 5.74) is 1.79. The lowest BCUT2D eigenvalue weighted by Gasteiger charge is -2.14. The molecule has 0 radical (unpaired) electrons. The molecule has 0 saturated carbocycles. The van der Waals surface area contributed by atoms with E-state index in [0.29, 0.717) is 33.4 Å². The Morgan fingerprint density at radius 3 is 2.44 bits per heavy atom. The molecule has 0 atom stereocenters. The normalized spacial score (nSPS) is 10.7. The predicted octanol–water partition coefficient (Wildman–Crippen LogP) is 5.46. The molecule has 0 aliphatic heterocycles. The van der Waals surface area contributed by atoms with Crippen LogP contribution in [-0.4, -0.2) is 26.7 Å². The van der Waals surface area contributed by atoms with Gasteiger partial charge in [-0.1, -0.05) is 29.8 Å². The van der Waals surface area contributed by atoms with E-state index in [1.807, 2.05) is 13.0 Å². The molecule has 3 aromatic carbocycles. The van der Waals surface area contributed by atoms with Crippen LogP contribution >= 0.6 is 11.6 Å². The molecule has 1 aromatic heterocycles. The number of nitrogens with one attached hydrogen (secondary N) is 1. The lowest BCUT2D eigenvalue weighted by molar-refractivity contribution is -0.118. The lowest BCUT2D eigenvalue weighted by atomic mass is 10.1. The Morgan fingerprint density at radius 1 is 1.00 bits per heavy atom. The highest BCUT2D eigenvalue weighted by Crippen LogP contribution is 2.37. The zero-order valence-electron chi connectivity index (χ0n) is 18.8. The fourth-order valence-corrected chi connectivity index (χ4v) is 3.62. The number of benzene rings is 3. The summed E-state index contributed by atoms with van der Waals surface area (Å²) in [6.45, 7) is 1.42. The molecule has 0 unspecified atom stereocenters. The highest BCUT2D eigenvalue weighted by molar-refractivity contribution is 6.32. The second-order valence-corrected chi connectivity index (χ2v) is 7.87. The van der Waals surface area contributed by atoms with Crippen LogP contribution in [0.1, 0.15) is 5.56 Å². The van der Waals surface area contributed by atoms with Crippen molar-refractivity contribution < 1.29 is 23.4 Å². The van der Waals surface area contributed by atoms with Crippen LogP contribution in [0.2, 0.25) is 5.02 Å². The minimum absolute atomic E-state index is 0.108. The Morgan fingerprint density at radius 2 is 1.74 bits per heavy atom. The molecule has 0 spiro atoms. The summed E-state index contributed by atoms with van der Waals surface area (Å²) in [6, 6.07) is 17.2. The molecule has 1 amide bonds. The number of carbonyl (C=O) groups is 1. The highest BCUT2D eigenvalue weighted by atomic mass is 35.5. The van der Waals surface area contributed by atoms with Crippen molar-refractivity contribution in [1.82, 2.24) is 0 Å². The zero-order valence-corrected chi connectivity index (χ0v) is 19.6. The first-order valence-corrected chi connectivity index (χ1v) is 10.8. The van der Waals surface area contributed by atoms with E-state index in [0.717, 1.165) is 5.56 Å². The molecule has 0 aliphatic rings. The number of hydrogen-bond acceptors (Lipinski definition) is 6. The third-order valence-electron chi connectivity index (χ3n) is 5.18. The quantitative estimate of drug-likeness (QED) is 0.379. The van der Waals surface area contributed by atoms with Gasteiger partial charge in [0.1, 0.15) is 5.58 Å². The monoisotopic (exact) mass is 479 g/mol. The van der Waals surface area contributed by atoms with Crippen molar-refractivity contribution in [3.63, 3.8) is 0 Å². The van der Waals surface area contributed by atoms with Crippen LogP contribution in [0.25, 0.3) is 22.3 Å². The van der Waals surface area contributed by atoms with Crippen molar-refractivity contribution >= 4 is 34.2 Å². The maximum absolute atomic E-state index is 13.4. The number of halogens is 1. The maximum atomic E-state index is 13.4. The Bertz CT molecular complexity index is 1410. The highest BCUT2D eigenvalue weighted by Gasteiger charge is 2.21. The molecule has 0 aliphatic carbocycles. The Balaban J connectivity index is 1.78. The molecule has 8 heteroatoms. The number of anilines is 1. The summed E-state index contributed by atoms with van der Waals surface area (Å²) in [7, 11) is 3.04. The molecule has 7 nitrogen and oxygen atoms in total. The van der Waals surface area contributed by atoms with Crippen molar-refractivity contribution in [2.24, 2.45) is 0 Å². The van der Waals surface area contributed by atoms with Crippen LogP contribution < -0.4 is 25.0 Å². The molecular formula is C26H22ClNO6. The molecule has 0 bridgehead atoms. The molecule has 174 valence electrons. The van der Waals surface area contributed by atoms with Crippen LogP contribution in [0.5, 0.6) is 17.2 Å². The van der Waals surface area contributed by atoms with E-state index in [-0.39, 0.29) is 16.9 Å². The number of methoxy groups -OCH3 is 2. The predicted molar refractivity (Wildman–Crippen MR) is 131 cm³/mol. The smallest absolute Gasteiger partial charge is 0.262 e. The van der Waals surface area contributed by atoms with Crippen LogP contribution in [0.3, 0.4) is 0 Å². The SMILES string of the molecule is COc1ccc(-c2oc3cc(C)c(Cl)cc3c(=O)c2OCC(=O)Nc2ccccc2)cc1OC. The average molecular weight is 480 g/mol. The molecule has 1 N–H and O–H groups in total. The summed E-state index contributed by atoms with van der Waals surface area (Å²) in [6.07, 6.45) is 0. The number of fused-ring (bicyclic) bond motifs is 1. The second-order valence-electron chi connectivity index (χ2n) is 7.46. The van der Waals surface area contributed by atoms with Crippen LogP contribution in [0.15, 0.2) is 69.9 Å². The first-order valence-electron chi connectivity index (χ1n) is 10.4. The third kappa shape index (κ3) is 4.70. The van der Waals surface area contributed by atoms with Crippen LogP contribution in [0, 0.1) is 6.92 Å². The van der Waals surface area contributed by atoms with Gasteiger partial charge in [-0.2, -0.15) is 0 Å². The van der Waals surface area contributed by atoms with E-state index in [2.05, 4.69) is 5.32 Å². The van der Waals surface area contributed by atoms with Gasteiger partial charge in [-0.05, 0) is 55.0 Å². The van der Waals surface area contributed by atoms with Crippen molar-refractivity contribution in [2.45, 2.75) is 6.92 Å². The van der Waals surface area contributed by atoms with E-state index in [4.69, 9.17) is 30.2 Å². The Labute approximate surface area is 200 Å². The van der Waals surface area contributed by atoms with Crippen molar-refractivity contribution in [2.75, 3.05) is 26.1 Å². The summed E-state index contributed by atoms with van der Waals surface area (Å²) < 4.78 is 22.5. The Kier molecular flexibility index (Phi) is 6.75. The van der Waals surface area contributed by atoms with E-state index < -0.39 is 17.9 Å². The maximum Gasteiger partial charge on any atom is 0.262 e. The molecule has 4 rings (SSSR count). The van der Waals surface area contributed by atoms with Gasteiger partial charge in [-0.25, -0.2) is 0 Å². The van der Waals surface area contributed by atoms with E-state index >= 15 is 0 Å². The zero-order chi connectivity index (χ0) is 24.2. The topological polar surface area (TPSA) is 87.0 Å². The first-order chi connectivity index (χ1) is 16.4. The number of rotatable bonds is 7. The number of carbonyl (C=O) groups excluding carboxylic acids is 1. The number of aryl methyl sites for hydroxylation is 1.